The Morgan fingerprint density at radius 1 is 1.36 bits per heavy atom. The van der Waals surface area contributed by atoms with Crippen LogP contribution in [0.2, 0.25) is 0 Å². The minimum Gasteiger partial charge on any atom is -0.358 e. The molecule has 0 saturated carbocycles. The fraction of sp³-hybridized carbons (Fsp3) is 0. The Labute approximate surface area is 89.3 Å². The van der Waals surface area contributed by atoms with Crippen LogP contribution in [0, 0.1) is 0 Å². The second-order valence-electron chi connectivity index (χ2n) is 2.77. The molecule has 2 rings (SSSR count). The Kier molecular flexibility index (Phi) is 2.45. The third-order valence-electron chi connectivity index (χ3n) is 1.80. The fourth-order valence-electron chi connectivity index (χ4n) is 1.12. The molecule has 0 amide bonds. The normalized spacial score (nSPS) is 10.1. The largest absolute Gasteiger partial charge is 0.358 e. The molecule has 2 aromatic rings. The van der Waals surface area contributed by atoms with Crippen LogP contribution in [0.4, 0.5) is 0 Å². The molecular weight excluding hydrogens is 244 g/mol. The zero-order chi connectivity index (χ0) is 9.97. The lowest BCUT2D eigenvalue weighted by Gasteiger charge is -1.97. The number of ketones is 1. The van der Waals surface area contributed by atoms with E-state index in [4.69, 9.17) is 0 Å². The van der Waals surface area contributed by atoms with E-state index in [0.717, 1.165) is 4.47 Å². The standard InChI is InChI=1S/C10H7BrN2O/c11-7-3-4-9(13-6-7)10(14)8-2-1-5-12-8/h1-6,12H. The van der Waals surface area contributed by atoms with Crippen LogP contribution in [0.25, 0.3) is 0 Å². The number of aromatic amines is 1. The van der Waals surface area contributed by atoms with Crippen molar-refractivity contribution in [3.05, 3.63) is 52.5 Å². The second kappa shape index (κ2) is 3.75. The molecule has 0 atom stereocenters. The highest BCUT2D eigenvalue weighted by molar-refractivity contribution is 9.10. The summed E-state index contributed by atoms with van der Waals surface area (Å²) in [7, 11) is 0. The number of carbonyl (C=O) groups excluding carboxylic acids is 1. The Morgan fingerprint density at radius 3 is 2.79 bits per heavy atom. The van der Waals surface area contributed by atoms with Gasteiger partial charge in [-0.15, -0.1) is 0 Å². The molecule has 0 aliphatic heterocycles. The molecule has 14 heavy (non-hydrogen) atoms. The zero-order valence-corrected chi connectivity index (χ0v) is 8.78. The van der Waals surface area contributed by atoms with Crippen molar-refractivity contribution >= 4 is 21.7 Å². The summed E-state index contributed by atoms with van der Waals surface area (Å²) in [6.45, 7) is 0. The predicted octanol–water partition coefficient (Wildman–Crippen LogP) is 2.40. The number of carbonyl (C=O) groups is 1. The predicted molar refractivity (Wildman–Crippen MR) is 56.2 cm³/mol. The van der Waals surface area contributed by atoms with Crippen molar-refractivity contribution in [3.63, 3.8) is 0 Å². The highest BCUT2D eigenvalue weighted by atomic mass is 79.9. The van der Waals surface area contributed by atoms with E-state index >= 15 is 0 Å². The maximum atomic E-state index is 11.7. The van der Waals surface area contributed by atoms with Gasteiger partial charge in [-0.3, -0.25) is 9.78 Å². The van der Waals surface area contributed by atoms with Crippen molar-refractivity contribution in [2.45, 2.75) is 0 Å². The summed E-state index contributed by atoms with van der Waals surface area (Å²) in [5.41, 5.74) is 0.996. The van der Waals surface area contributed by atoms with Gasteiger partial charge in [0.2, 0.25) is 5.78 Å². The molecular formula is C10H7BrN2O. The van der Waals surface area contributed by atoms with Crippen LogP contribution in [0.5, 0.6) is 0 Å². The molecule has 2 heterocycles. The lowest BCUT2D eigenvalue weighted by atomic mass is 10.2. The van der Waals surface area contributed by atoms with Crippen LogP contribution in [0.15, 0.2) is 41.1 Å². The number of aromatic nitrogens is 2. The van der Waals surface area contributed by atoms with Gasteiger partial charge in [-0.1, -0.05) is 0 Å². The topological polar surface area (TPSA) is 45.8 Å². The van der Waals surface area contributed by atoms with Gasteiger partial charge in [-0.05, 0) is 40.2 Å². The molecule has 70 valence electrons. The molecule has 2 aromatic heterocycles. The highest BCUT2D eigenvalue weighted by Gasteiger charge is 2.09. The van der Waals surface area contributed by atoms with Gasteiger partial charge in [0, 0.05) is 16.9 Å². The summed E-state index contributed by atoms with van der Waals surface area (Å²) < 4.78 is 0.862. The number of pyridine rings is 1. The summed E-state index contributed by atoms with van der Waals surface area (Å²) in [5, 5.41) is 0. The first kappa shape index (κ1) is 9.15. The fourth-order valence-corrected chi connectivity index (χ4v) is 1.35. The summed E-state index contributed by atoms with van der Waals surface area (Å²) in [5.74, 6) is -0.0949. The lowest BCUT2D eigenvalue weighted by molar-refractivity contribution is 0.103. The Balaban J connectivity index is 2.33. The van der Waals surface area contributed by atoms with Gasteiger partial charge in [0.15, 0.2) is 0 Å². The molecule has 0 aromatic carbocycles. The summed E-state index contributed by atoms with van der Waals surface area (Å²) in [6.07, 6.45) is 3.32. The molecule has 0 spiro atoms. The van der Waals surface area contributed by atoms with Crippen LogP contribution in [0.1, 0.15) is 16.2 Å². The number of nitrogens with one attached hydrogen (secondary N) is 1. The van der Waals surface area contributed by atoms with Crippen LogP contribution >= 0.6 is 15.9 Å². The van der Waals surface area contributed by atoms with Gasteiger partial charge in [0.25, 0.3) is 0 Å². The summed E-state index contributed by atoms with van der Waals surface area (Å²) in [4.78, 5) is 18.6. The first-order valence-corrected chi connectivity index (χ1v) is 4.86. The van der Waals surface area contributed by atoms with Crippen LogP contribution < -0.4 is 0 Å². The van der Waals surface area contributed by atoms with Gasteiger partial charge in [0.05, 0.1) is 5.69 Å². The van der Waals surface area contributed by atoms with E-state index in [0.29, 0.717) is 11.4 Å². The minimum atomic E-state index is -0.0949. The van der Waals surface area contributed by atoms with Crippen molar-refractivity contribution in [1.82, 2.24) is 9.97 Å². The van der Waals surface area contributed by atoms with E-state index in [1.54, 1.807) is 36.7 Å². The number of H-pyrrole nitrogens is 1. The molecule has 0 saturated heterocycles. The van der Waals surface area contributed by atoms with Gasteiger partial charge in [-0.25, -0.2) is 0 Å². The first-order valence-electron chi connectivity index (χ1n) is 4.07. The van der Waals surface area contributed by atoms with Crippen molar-refractivity contribution in [3.8, 4) is 0 Å². The van der Waals surface area contributed by atoms with Gasteiger partial charge in [0.1, 0.15) is 5.69 Å². The SMILES string of the molecule is O=C(c1ccc(Br)cn1)c1ccc[nH]1. The third-order valence-corrected chi connectivity index (χ3v) is 2.27. The first-order chi connectivity index (χ1) is 6.77. The molecule has 0 fully saturated rings. The zero-order valence-electron chi connectivity index (χ0n) is 7.20. The van der Waals surface area contributed by atoms with E-state index in [1.165, 1.54) is 0 Å². The van der Waals surface area contributed by atoms with E-state index < -0.39 is 0 Å². The van der Waals surface area contributed by atoms with Gasteiger partial charge in [-0.2, -0.15) is 0 Å². The number of hydrogen-bond donors (Lipinski definition) is 1. The summed E-state index contributed by atoms with van der Waals surface area (Å²) in [6, 6.07) is 6.99. The number of halogens is 1. The van der Waals surface area contributed by atoms with E-state index in [1.807, 2.05) is 0 Å². The quantitative estimate of drug-likeness (QED) is 0.833. The van der Waals surface area contributed by atoms with Crippen LogP contribution in [0.3, 0.4) is 0 Å². The molecule has 0 bridgehead atoms. The second-order valence-corrected chi connectivity index (χ2v) is 3.69. The Bertz CT molecular complexity index is 434. The average molecular weight is 251 g/mol. The molecule has 0 aliphatic carbocycles. The number of rotatable bonds is 2. The maximum absolute atomic E-state index is 11.7. The van der Waals surface area contributed by atoms with Crippen molar-refractivity contribution in [1.29, 1.82) is 0 Å². The summed E-state index contributed by atoms with van der Waals surface area (Å²) >= 11 is 3.26. The van der Waals surface area contributed by atoms with E-state index in [9.17, 15) is 4.79 Å². The molecule has 3 nitrogen and oxygen atoms in total. The molecule has 0 radical (unpaired) electrons. The van der Waals surface area contributed by atoms with E-state index in [2.05, 4.69) is 25.9 Å². The third kappa shape index (κ3) is 1.75. The minimum absolute atomic E-state index is 0.0949. The Hall–Kier alpha value is -1.42. The highest BCUT2D eigenvalue weighted by Crippen LogP contribution is 2.10. The van der Waals surface area contributed by atoms with Crippen LogP contribution in [-0.2, 0) is 0 Å². The Morgan fingerprint density at radius 2 is 2.21 bits per heavy atom. The molecule has 4 heteroatoms. The van der Waals surface area contributed by atoms with Crippen molar-refractivity contribution < 1.29 is 4.79 Å². The number of hydrogen-bond acceptors (Lipinski definition) is 2. The molecule has 1 N–H and O–H groups in total. The average Bonchev–Trinajstić information content (AvgIpc) is 2.71. The maximum Gasteiger partial charge on any atom is 0.227 e. The van der Waals surface area contributed by atoms with Gasteiger partial charge >= 0.3 is 0 Å². The van der Waals surface area contributed by atoms with Crippen molar-refractivity contribution in [2.24, 2.45) is 0 Å². The van der Waals surface area contributed by atoms with Crippen molar-refractivity contribution in [2.75, 3.05) is 0 Å². The van der Waals surface area contributed by atoms with Crippen LogP contribution in [-0.4, -0.2) is 15.8 Å². The molecule has 0 aliphatic rings. The van der Waals surface area contributed by atoms with E-state index in [-0.39, 0.29) is 5.78 Å². The monoisotopic (exact) mass is 250 g/mol. The number of nitrogens with zero attached hydrogens (tertiary/aromatic N) is 1. The lowest BCUT2D eigenvalue weighted by Crippen LogP contribution is -2.03. The van der Waals surface area contributed by atoms with Gasteiger partial charge < -0.3 is 4.98 Å². The molecule has 0 unspecified atom stereocenters. The smallest absolute Gasteiger partial charge is 0.227 e.